The Hall–Kier alpha value is -1.39. The van der Waals surface area contributed by atoms with Crippen LogP contribution in [0.25, 0.3) is 0 Å². The lowest BCUT2D eigenvalue weighted by Crippen LogP contribution is -2.10. The van der Waals surface area contributed by atoms with E-state index < -0.39 is 18.3 Å². The highest BCUT2D eigenvalue weighted by Crippen LogP contribution is 2.30. The largest absolute Gasteiger partial charge is 0.490 e. The third-order valence-corrected chi connectivity index (χ3v) is 3.30. The highest BCUT2D eigenvalue weighted by Gasteiger charge is 2.19. The molecular weight excluding hydrogens is 257 g/mol. The maximum Gasteiger partial charge on any atom is 0.204 e. The summed E-state index contributed by atoms with van der Waals surface area (Å²) >= 11 is 0. The monoisotopic (exact) mass is 274 g/mol. The van der Waals surface area contributed by atoms with Crippen LogP contribution < -0.4 is 9.47 Å². The molecule has 0 N–H and O–H groups in total. The van der Waals surface area contributed by atoms with E-state index in [1.165, 1.54) is 25.0 Å². The molecule has 0 atom stereocenters. The van der Waals surface area contributed by atoms with Gasteiger partial charge in [0.1, 0.15) is 13.3 Å². The van der Waals surface area contributed by atoms with Gasteiger partial charge in [-0.3, -0.25) is 0 Å². The molecule has 106 valence electrons. The topological polar surface area (TPSA) is 18.5 Å². The van der Waals surface area contributed by atoms with E-state index >= 15 is 0 Å². The normalized spacial score (nSPS) is 15.7. The van der Waals surface area contributed by atoms with Gasteiger partial charge in [0.15, 0.2) is 11.5 Å². The van der Waals surface area contributed by atoms with Gasteiger partial charge in [-0.1, -0.05) is 12.8 Å². The minimum atomic E-state index is -1.13. The molecule has 1 aliphatic rings. The van der Waals surface area contributed by atoms with Crippen LogP contribution in [0.5, 0.6) is 11.5 Å². The number of halogens is 3. The average Bonchev–Trinajstić information content (AvgIpc) is 2.92. The Morgan fingerprint density at radius 1 is 1.00 bits per heavy atom. The number of rotatable bonds is 6. The standard InChI is InChI=1S/C14H17F3O2/c15-7-8-18-11-5-6-12(14(17)13(11)16)19-9-10-3-1-2-4-10/h5-6,10H,1-4,7-9H2. The molecule has 1 aliphatic carbocycles. The Labute approximate surface area is 110 Å². The van der Waals surface area contributed by atoms with Crippen LogP contribution in [0.1, 0.15) is 25.7 Å². The first-order chi connectivity index (χ1) is 9.22. The van der Waals surface area contributed by atoms with Crippen LogP contribution in [0.3, 0.4) is 0 Å². The summed E-state index contributed by atoms with van der Waals surface area (Å²) in [7, 11) is 0. The minimum Gasteiger partial charge on any atom is -0.490 e. The zero-order valence-electron chi connectivity index (χ0n) is 10.6. The molecule has 0 bridgehead atoms. The van der Waals surface area contributed by atoms with Gasteiger partial charge in [0.2, 0.25) is 11.6 Å². The molecule has 19 heavy (non-hydrogen) atoms. The Balaban J connectivity index is 1.98. The lowest BCUT2D eigenvalue weighted by atomic mass is 10.1. The number of ether oxygens (including phenoxy) is 2. The van der Waals surface area contributed by atoms with Gasteiger partial charge in [-0.05, 0) is 30.9 Å². The fourth-order valence-corrected chi connectivity index (χ4v) is 2.27. The van der Waals surface area contributed by atoms with Gasteiger partial charge in [-0.25, -0.2) is 4.39 Å². The van der Waals surface area contributed by atoms with Gasteiger partial charge in [0.25, 0.3) is 0 Å². The highest BCUT2D eigenvalue weighted by molar-refractivity contribution is 5.35. The van der Waals surface area contributed by atoms with Crippen molar-refractivity contribution in [2.45, 2.75) is 25.7 Å². The van der Waals surface area contributed by atoms with E-state index in [4.69, 9.17) is 9.47 Å². The second-order valence-corrected chi connectivity index (χ2v) is 4.69. The van der Waals surface area contributed by atoms with Crippen LogP contribution in [0.4, 0.5) is 13.2 Å². The number of hydrogen-bond acceptors (Lipinski definition) is 2. The Bertz CT molecular complexity index is 417. The molecule has 0 aromatic heterocycles. The van der Waals surface area contributed by atoms with Crippen LogP contribution in [-0.2, 0) is 0 Å². The summed E-state index contributed by atoms with van der Waals surface area (Å²) in [6.45, 7) is -0.638. The third-order valence-electron chi connectivity index (χ3n) is 3.30. The van der Waals surface area contributed by atoms with E-state index in [1.54, 1.807) is 0 Å². The molecule has 2 nitrogen and oxygen atoms in total. The van der Waals surface area contributed by atoms with Crippen molar-refractivity contribution in [2.75, 3.05) is 19.9 Å². The van der Waals surface area contributed by atoms with E-state index in [-0.39, 0.29) is 18.1 Å². The summed E-state index contributed by atoms with van der Waals surface area (Å²) in [5.74, 6) is -2.18. The molecule has 1 aromatic carbocycles. The molecule has 0 unspecified atom stereocenters. The molecule has 0 aliphatic heterocycles. The van der Waals surface area contributed by atoms with Crippen molar-refractivity contribution in [3.63, 3.8) is 0 Å². The number of benzene rings is 1. The van der Waals surface area contributed by atoms with Crippen LogP contribution in [0, 0.1) is 17.6 Å². The highest BCUT2D eigenvalue weighted by atomic mass is 19.2. The van der Waals surface area contributed by atoms with Gasteiger partial charge in [0.05, 0.1) is 6.61 Å². The molecule has 0 spiro atoms. The molecule has 0 heterocycles. The fraction of sp³-hybridized carbons (Fsp3) is 0.571. The zero-order chi connectivity index (χ0) is 13.7. The summed E-state index contributed by atoms with van der Waals surface area (Å²) in [6, 6.07) is 2.58. The Kier molecular flexibility index (Phi) is 4.93. The van der Waals surface area contributed by atoms with E-state index in [2.05, 4.69) is 0 Å². The summed E-state index contributed by atoms with van der Waals surface area (Å²) in [5.41, 5.74) is 0. The first-order valence-electron chi connectivity index (χ1n) is 6.52. The SMILES string of the molecule is FCCOc1ccc(OCC2CCCC2)c(F)c1F. The lowest BCUT2D eigenvalue weighted by molar-refractivity contribution is 0.232. The maximum atomic E-state index is 13.7. The number of hydrogen-bond donors (Lipinski definition) is 0. The molecule has 1 saturated carbocycles. The smallest absolute Gasteiger partial charge is 0.204 e. The average molecular weight is 274 g/mol. The van der Waals surface area contributed by atoms with Crippen molar-refractivity contribution in [3.05, 3.63) is 23.8 Å². The fourth-order valence-electron chi connectivity index (χ4n) is 2.27. The van der Waals surface area contributed by atoms with Gasteiger partial charge in [0, 0.05) is 0 Å². The van der Waals surface area contributed by atoms with Gasteiger partial charge < -0.3 is 9.47 Å². The Morgan fingerprint density at radius 3 is 2.16 bits per heavy atom. The van der Waals surface area contributed by atoms with Crippen LogP contribution >= 0.6 is 0 Å². The molecule has 0 saturated heterocycles. The van der Waals surface area contributed by atoms with E-state index in [1.807, 2.05) is 0 Å². The molecule has 2 rings (SSSR count). The second-order valence-electron chi connectivity index (χ2n) is 4.69. The molecule has 5 heteroatoms. The van der Waals surface area contributed by atoms with Gasteiger partial charge in [-0.2, -0.15) is 8.78 Å². The van der Waals surface area contributed by atoms with Crippen LogP contribution in [0.2, 0.25) is 0 Å². The quantitative estimate of drug-likeness (QED) is 0.783. The van der Waals surface area contributed by atoms with Crippen LogP contribution in [0.15, 0.2) is 12.1 Å². The third kappa shape index (κ3) is 3.55. The molecule has 1 fully saturated rings. The van der Waals surface area contributed by atoms with Crippen molar-refractivity contribution in [3.8, 4) is 11.5 Å². The van der Waals surface area contributed by atoms with E-state index in [9.17, 15) is 13.2 Å². The molecule has 0 radical (unpaired) electrons. The molecule has 1 aromatic rings. The van der Waals surface area contributed by atoms with Gasteiger partial charge in [-0.15, -0.1) is 0 Å². The van der Waals surface area contributed by atoms with Crippen molar-refractivity contribution in [2.24, 2.45) is 5.92 Å². The van der Waals surface area contributed by atoms with Crippen molar-refractivity contribution in [1.82, 2.24) is 0 Å². The van der Waals surface area contributed by atoms with Gasteiger partial charge >= 0.3 is 0 Å². The first-order valence-corrected chi connectivity index (χ1v) is 6.52. The summed E-state index contributed by atoms with van der Waals surface area (Å²) in [5, 5.41) is 0. The first kappa shape index (κ1) is 14.0. The molecule has 0 amide bonds. The van der Waals surface area contributed by atoms with Crippen molar-refractivity contribution < 1.29 is 22.6 Å². The van der Waals surface area contributed by atoms with Crippen LogP contribution in [-0.4, -0.2) is 19.9 Å². The second kappa shape index (κ2) is 6.68. The summed E-state index contributed by atoms with van der Waals surface area (Å²) in [4.78, 5) is 0. The predicted molar refractivity (Wildman–Crippen MR) is 65.3 cm³/mol. The zero-order valence-corrected chi connectivity index (χ0v) is 10.6. The lowest BCUT2D eigenvalue weighted by Gasteiger charge is -2.13. The molecular formula is C14H17F3O2. The van der Waals surface area contributed by atoms with E-state index in [0.717, 1.165) is 12.8 Å². The summed E-state index contributed by atoms with van der Waals surface area (Å²) in [6.07, 6.45) is 4.48. The minimum absolute atomic E-state index is 0.114. The van der Waals surface area contributed by atoms with Crippen molar-refractivity contribution >= 4 is 0 Å². The Morgan fingerprint density at radius 2 is 1.58 bits per heavy atom. The maximum absolute atomic E-state index is 13.7. The predicted octanol–water partition coefficient (Wildman–Crippen LogP) is 3.88. The van der Waals surface area contributed by atoms with Crippen molar-refractivity contribution in [1.29, 1.82) is 0 Å². The summed E-state index contributed by atoms with van der Waals surface area (Å²) < 4.78 is 49.3. The van der Waals surface area contributed by atoms with E-state index in [0.29, 0.717) is 12.5 Å². The number of alkyl halides is 1.